The Labute approximate surface area is 166 Å². The maximum Gasteiger partial charge on any atom is 0.351 e. The molecule has 1 N–H and O–H groups in total. The minimum absolute atomic E-state index is 0.410. The number of thiophene rings is 1. The minimum atomic E-state index is -0.965. The van der Waals surface area contributed by atoms with Gasteiger partial charge in [-0.2, -0.15) is 5.26 Å². The Kier molecular flexibility index (Phi) is 5.92. The summed E-state index contributed by atoms with van der Waals surface area (Å²) in [6.07, 6.45) is 4.18. The molecule has 0 bridgehead atoms. The molecule has 0 saturated carbocycles. The van der Waals surface area contributed by atoms with Crippen molar-refractivity contribution in [1.82, 2.24) is 4.98 Å². The van der Waals surface area contributed by atoms with Crippen molar-refractivity contribution in [1.29, 1.82) is 5.26 Å². The summed E-state index contributed by atoms with van der Waals surface area (Å²) >= 11 is 2.71. The molecule has 2 aromatic rings. The van der Waals surface area contributed by atoms with E-state index >= 15 is 0 Å². The van der Waals surface area contributed by atoms with E-state index in [9.17, 15) is 14.9 Å². The number of amides is 1. The zero-order valence-electron chi connectivity index (χ0n) is 15.5. The van der Waals surface area contributed by atoms with Crippen LogP contribution in [0.15, 0.2) is 0 Å². The lowest BCUT2D eigenvalue weighted by atomic mass is 10.1. The molecule has 1 aliphatic rings. The highest BCUT2D eigenvalue weighted by Gasteiger charge is 2.25. The second-order valence-corrected chi connectivity index (χ2v) is 8.87. The molecule has 142 valence electrons. The van der Waals surface area contributed by atoms with E-state index in [0.29, 0.717) is 21.1 Å². The Morgan fingerprint density at radius 1 is 1.22 bits per heavy atom. The van der Waals surface area contributed by atoms with Crippen molar-refractivity contribution >= 4 is 39.6 Å². The minimum Gasteiger partial charge on any atom is -0.448 e. The van der Waals surface area contributed by atoms with E-state index in [0.717, 1.165) is 42.7 Å². The number of nitrogens with one attached hydrogen (secondary N) is 1. The smallest absolute Gasteiger partial charge is 0.351 e. The predicted molar refractivity (Wildman–Crippen MR) is 105 cm³/mol. The summed E-state index contributed by atoms with van der Waals surface area (Å²) in [5.41, 5.74) is 2.22. The summed E-state index contributed by atoms with van der Waals surface area (Å²) in [4.78, 5) is 30.6. The van der Waals surface area contributed by atoms with Crippen LogP contribution in [0.4, 0.5) is 5.00 Å². The van der Waals surface area contributed by atoms with Crippen LogP contribution < -0.4 is 5.32 Å². The molecule has 0 fully saturated rings. The van der Waals surface area contributed by atoms with E-state index in [-0.39, 0.29) is 0 Å². The molecule has 1 amide bonds. The van der Waals surface area contributed by atoms with Gasteiger partial charge in [-0.05, 0) is 52.0 Å². The van der Waals surface area contributed by atoms with Crippen molar-refractivity contribution < 1.29 is 14.3 Å². The lowest BCUT2D eigenvalue weighted by Crippen LogP contribution is -2.29. The topological polar surface area (TPSA) is 92.1 Å². The van der Waals surface area contributed by atoms with E-state index < -0.39 is 18.0 Å². The second kappa shape index (κ2) is 8.19. The Morgan fingerprint density at radius 3 is 2.63 bits per heavy atom. The van der Waals surface area contributed by atoms with Gasteiger partial charge in [0.05, 0.1) is 16.3 Å². The van der Waals surface area contributed by atoms with Gasteiger partial charge >= 0.3 is 5.97 Å². The lowest BCUT2D eigenvalue weighted by Gasteiger charge is -2.12. The number of aromatic nitrogens is 1. The number of thiazole rings is 1. The lowest BCUT2D eigenvalue weighted by molar-refractivity contribution is -0.123. The van der Waals surface area contributed by atoms with Gasteiger partial charge in [0.2, 0.25) is 0 Å². The zero-order valence-corrected chi connectivity index (χ0v) is 17.2. The number of hydrogen-bond acceptors (Lipinski definition) is 7. The van der Waals surface area contributed by atoms with Crippen LogP contribution in [0.1, 0.15) is 62.6 Å². The molecule has 27 heavy (non-hydrogen) atoms. The van der Waals surface area contributed by atoms with Gasteiger partial charge in [-0.1, -0.05) is 6.42 Å². The van der Waals surface area contributed by atoms with Crippen LogP contribution in [-0.2, 0) is 22.4 Å². The van der Waals surface area contributed by atoms with Gasteiger partial charge in [-0.3, -0.25) is 4.79 Å². The Hall–Kier alpha value is -2.24. The maximum atomic E-state index is 12.5. The molecule has 1 unspecified atom stereocenters. The van der Waals surface area contributed by atoms with E-state index in [4.69, 9.17) is 4.74 Å². The fraction of sp³-hybridized carbons (Fsp3) is 0.474. The molecular weight excluding hydrogens is 382 g/mol. The molecule has 3 rings (SSSR count). The molecule has 0 aromatic carbocycles. The first-order valence-electron chi connectivity index (χ1n) is 8.91. The molecule has 0 saturated heterocycles. The van der Waals surface area contributed by atoms with Gasteiger partial charge in [-0.15, -0.1) is 22.7 Å². The van der Waals surface area contributed by atoms with Gasteiger partial charge in [-0.25, -0.2) is 9.78 Å². The fourth-order valence-electron chi connectivity index (χ4n) is 3.15. The van der Waals surface area contributed by atoms with Crippen LogP contribution in [0.3, 0.4) is 0 Å². The number of fused-ring (bicyclic) bond motifs is 1. The van der Waals surface area contributed by atoms with Gasteiger partial charge < -0.3 is 10.1 Å². The summed E-state index contributed by atoms with van der Waals surface area (Å²) < 4.78 is 5.30. The first kappa shape index (κ1) is 19.5. The third kappa shape index (κ3) is 4.20. The van der Waals surface area contributed by atoms with Crippen molar-refractivity contribution in [3.8, 4) is 6.07 Å². The number of nitriles is 1. The van der Waals surface area contributed by atoms with Crippen LogP contribution in [0, 0.1) is 25.2 Å². The molecule has 8 heteroatoms. The van der Waals surface area contributed by atoms with Gasteiger partial charge in [0.15, 0.2) is 6.10 Å². The molecule has 1 aliphatic carbocycles. The first-order chi connectivity index (χ1) is 12.9. The second-order valence-electron chi connectivity index (χ2n) is 6.56. The number of rotatable bonds is 4. The highest BCUT2D eigenvalue weighted by Crippen LogP contribution is 2.37. The molecule has 2 aromatic heterocycles. The fourth-order valence-corrected chi connectivity index (χ4v) is 5.20. The molecule has 0 radical (unpaired) electrons. The van der Waals surface area contributed by atoms with Crippen molar-refractivity contribution in [3.63, 3.8) is 0 Å². The molecule has 1 atom stereocenters. The highest BCUT2D eigenvalue weighted by molar-refractivity contribution is 7.16. The SMILES string of the molecule is Cc1nc(C)c(C(=O)OC(C)C(=O)Nc2sc3c(c2C#N)CCCCC3)s1. The van der Waals surface area contributed by atoms with Crippen molar-refractivity contribution in [2.75, 3.05) is 5.32 Å². The zero-order chi connectivity index (χ0) is 19.6. The first-order valence-corrected chi connectivity index (χ1v) is 10.5. The summed E-state index contributed by atoms with van der Waals surface area (Å²) in [6, 6.07) is 2.23. The Bertz CT molecular complexity index is 924. The molecule has 2 heterocycles. The standard InChI is InChI=1S/C19H21N3O3S2/c1-10-16(26-12(3)21-10)19(24)25-11(2)17(23)22-18-14(9-20)13-7-5-4-6-8-15(13)27-18/h11H,4-8H2,1-3H3,(H,22,23). The Morgan fingerprint density at radius 2 is 1.96 bits per heavy atom. The highest BCUT2D eigenvalue weighted by atomic mass is 32.1. The summed E-state index contributed by atoms with van der Waals surface area (Å²) in [5.74, 6) is -0.988. The summed E-state index contributed by atoms with van der Waals surface area (Å²) in [5, 5.41) is 13.7. The third-order valence-corrected chi connectivity index (χ3v) is 6.77. The predicted octanol–water partition coefficient (Wildman–Crippen LogP) is 4.15. The average Bonchev–Trinajstić information content (AvgIpc) is 3.03. The molecule has 0 aliphatic heterocycles. The van der Waals surface area contributed by atoms with Crippen LogP contribution >= 0.6 is 22.7 Å². The van der Waals surface area contributed by atoms with Gasteiger partial charge in [0.25, 0.3) is 5.91 Å². The van der Waals surface area contributed by atoms with Crippen LogP contribution in [0.2, 0.25) is 0 Å². The summed E-state index contributed by atoms with van der Waals surface area (Å²) in [6.45, 7) is 5.08. The third-order valence-electron chi connectivity index (χ3n) is 4.51. The molecule has 6 nitrogen and oxygen atoms in total. The van der Waals surface area contributed by atoms with Crippen LogP contribution in [0.5, 0.6) is 0 Å². The molecular formula is C19H21N3O3S2. The number of aryl methyl sites for hydroxylation is 3. The van der Waals surface area contributed by atoms with E-state index in [2.05, 4.69) is 16.4 Å². The maximum absolute atomic E-state index is 12.5. The monoisotopic (exact) mass is 403 g/mol. The van der Waals surface area contributed by atoms with Crippen molar-refractivity contribution in [2.45, 2.75) is 59.0 Å². The number of ether oxygens (including phenoxy) is 1. The normalized spacial score (nSPS) is 14.6. The average molecular weight is 404 g/mol. The van der Waals surface area contributed by atoms with Crippen molar-refractivity contribution in [3.05, 3.63) is 31.6 Å². The van der Waals surface area contributed by atoms with E-state index in [1.54, 1.807) is 6.92 Å². The Balaban J connectivity index is 1.71. The largest absolute Gasteiger partial charge is 0.448 e. The number of carbonyl (C=O) groups is 2. The van der Waals surface area contributed by atoms with Crippen LogP contribution in [0.25, 0.3) is 0 Å². The molecule has 0 spiro atoms. The van der Waals surface area contributed by atoms with Gasteiger partial charge in [0, 0.05) is 4.88 Å². The number of hydrogen-bond donors (Lipinski definition) is 1. The number of nitrogens with zero attached hydrogens (tertiary/aromatic N) is 2. The van der Waals surface area contributed by atoms with Crippen LogP contribution in [-0.4, -0.2) is 23.0 Å². The number of esters is 1. The quantitative estimate of drug-likeness (QED) is 0.612. The number of carbonyl (C=O) groups excluding carboxylic acids is 2. The van der Waals surface area contributed by atoms with Gasteiger partial charge in [0.1, 0.15) is 15.9 Å². The summed E-state index contributed by atoms with van der Waals surface area (Å²) in [7, 11) is 0. The van der Waals surface area contributed by atoms with E-state index in [1.807, 2.05) is 6.92 Å². The number of anilines is 1. The van der Waals surface area contributed by atoms with E-state index in [1.165, 1.54) is 34.5 Å². The van der Waals surface area contributed by atoms with Crippen molar-refractivity contribution in [2.24, 2.45) is 0 Å².